The summed E-state index contributed by atoms with van der Waals surface area (Å²) in [6, 6.07) is 9.26. The van der Waals surface area contributed by atoms with Crippen molar-refractivity contribution in [2.24, 2.45) is 0 Å². The standard InChI is InChI=1S/C18H23NO6/c1-13(20)24-16-10-7-11-19(18(16,3)25-14(2)21)17(22)23-12-15-8-5-4-6-9-15/h4-6,8-9,16H,7,10-12H2,1-3H3. The van der Waals surface area contributed by atoms with Gasteiger partial charge >= 0.3 is 18.0 Å². The third kappa shape index (κ3) is 4.71. The lowest BCUT2D eigenvalue weighted by Crippen LogP contribution is -2.63. The summed E-state index contributed by atoms with van der Waals surface area (Å²) in [4.78, 5) is 36.8. The number of amides is 1. The van der Waals surface area contributed by atoms with E-state index < -0.39 is 29.9 Å². The van der Waals surface area contributed by atoms with Crippen molar-refractivity contribution in [2.75, 3.05) is 6.54 Å². The molecule has 0 bridgehead atoms. The van der Waals surface area contributed by atoms with Crippen LogP contribution in [0.15, 0.2) is 30.3 Å². The highest BCUT2D eigenvalue weighted by Crippen LogP contribution is 2.33. The molecular weight excluding hydrogens is 326 g/mol. The Labute approximate surface area is 146 Å². The van der Waals surface area contributed by atoms with Crippen LogP contribution in [-0.4, -0.2) is 41.3 Å². The number of ether oxygens (including phenoxy) is 3. The molecule has 1 aromatic rings. The van der Waals surface area contributed by atoms with Crippen LogP contribution >= 0.6 is 0 Å². The van der Waals surface area contributed by atoms with Crippen molar-refractivity contribution < 1.29 is 28.6 Å². The second-order valence-corrected chi connectivity index (χ2v) is 6.08. The van der Waals surface area contributed by atoms with Gasteiger partial charge in [-0.25, -0.2) is 4.79 Å². The smallest absolute Gasteiger partial charge is 0.413 e. The van der Waals surface area contributed by atoms with Crippen molar-refractivity contribution in [1.29, 1.82) is 0 Å². The summed E-state index contributed by atoms with van der Waals surface area (Å²) in [5.41, 5.74) is -0.553. The number of hydrogen-bond donors (Lipinski definition) is 0. The van der Waals surface area contributed by atoms with Crippen LogP contribution < -0.4 is 0 Å². The Balaban J connectivity index is 2.15. The lowest BCUT2D eigenvalue weighted by atomic mass is 9.96. The van der Waals surface area contributed by atoms with Crippen LogP contribution in [0, 0.1) is 0 Å². The van der Waals surface area contributed by atoms with Gasteiger partial charge in [-0.1, -0.05) is 30.3 Å². The Hall–Kier alpha value is -2.57. The average molecular weight is 349 g/mol. The van der Waals surface area contributed by atoms with Gasteiger partial charge in [-0.05, 0) is 25.3 Å². The van der Waals surface area contributed by atoms with E-state index in [4.69, 9.17) is 14.2 Å². The highest BCUT2D eigenvalue weighted by Gasteiger charge is 2.50. The zero-order valence-corrected chi connectivity index (χ0v) is 14.7. The first-order valence-corrected chi connectivity index (χ1v) is 8.18. The lowest BCUT2D eigenvalue weighted by molar-refractivity contribution is -0.220. The number of esters is 2. The van der Waals surface area contributed by atoms with Gasteiger partial charge in [-0.15, -0.1) is 0 Å². The number of likely N-dealkylation sites (tertiary alicyclic amines) is 1. The fourth-order valence-electron chi connectivity index (χ4n) is 2.95. The van der Waals surface area contributed by atoms with Crippen LogP contribution in [0.5, 0.6) is 0 Å². The molecule has 0 aromatic heterocycles. The largest absolute Gasteiger partial charge is 0.456 e. The predicted molar refractivity (Wildman–Crippen MR) is 88.3 cm³/mol. The van der Waals surface area contributed by atoms with E-state index in [1.807, 2.05) is 30.3 Å². The molecule has 0 spiro atoms. The van der Waals surface area contributed by atoms with Gasteiger partial charge in [0.2, 0.25) is 5.72 Å². The maximum atomic E-state index is 12.6. The van der Waals surface area contributed by atoms with E-state index in [0.717, 1.165) is 5.56 Å². The number of carbonyl (C=O) groups excluding carboxylic acids is 3. The fourth-order valence-corrected chi connectivity index (χ4v) is 2.95. The molecule has 2 atom stereocenters. The zero-order valence-electron chi connectivity index (χ0n) is 14.7. The third-order valence-corrected chi connectivity index (χ3v) is 4.07. The van der Waals surface area contributed by atoms with E-state index in [1.54, 1.807) is 6.92 Å². The Bertz CT molecular complexity index is 632. The molecule has 0 N–H and O–H groups in total. The summed E-state index contributed by atoms with van der Waals surface area (Å²) < 4.78 is 16.0. The van der Waals surface area contributed by atoms with Crippen LogP contribution in [0.1, 0.15) is 39.2 Å². The number of rotatable bonds is 4. The Morgan fingerprint density at radius 2 is 1.84 bits per heavy atom. The molecule has 1 amide bonds. The maximum Gasteiger partial charge on any atom is 0.413 e. The number of piperidine rings is 1. The Morgan fingerprint density at radius 3 is 2.44 bits per heavy atom. The molecule has 7 nitrogen and oxygen atoms in total. The minimum atomic E-state index is -1.40. The number of carbonyl (C=O) groups is 3. The normalized spacial score (nSPS) is 22.8. The number of nitrogens with zero attached hydrogens (tertiary/aromatic N) is 1. The van der Waals surface area contributed by atoms with Crippen molar-refractivity contribution in [3.63, 3.8) is 0 Å². The zero-order chi connectivity index (χ0) is 18.4. The average Bonchev–Trinajstić information content (AvgIpc) is 2.54. The minimum Gasteiger partial charge on any atom is -0.456 e. The Morgan fingerprint density at radius 1 is 1.16 bits per heavy atom. The highest BCUT2D eigenvalue weighted by atomic mass is 16.6. The molecule has 2 rings (SSSR count). The number of hydrogen-bond acceptors (Lipinski definition) is 6. The molecule has 2 unspecified atom stereocenters. The van der Waals surface area contributed by atoms with E-state index in [-0.39, 0.29) is 6.61 Å². The predicted octanol–water partition coefficient (Wildman–Crippen LogP) is 2.63. The summed E-state index contributed by atoms with van der Waals surface area (Å²) in [5.74, 6) is -1.06. The van der Waals surface area contributed by atoms with Crippen molar-refractivity contribution in [3.05, 3.63) is 35.9 Å². The van der Waals surface area contributed by atoms with Gasteiger partial charge in [-0.2, -0.15) is 0 Å². The minimum absolute atomic E-state index is 0.102. The van der Waals surface area contributed by atoms with Gasteiger partial charge in [0, 0.05) is 20.4 Å². The SMILES string of the molecule is CC(=O)OC1CCCN(C(=O)OCc2ccccc2)C1(C)OC(C)=O. The Kier molecular flexibility index (Phi) is 6.01. The van der Waals surface area contributed by atoms with Crippen LogP contribution in [0.4, 0.5) is 4.79 Å². The molecule has 1 fully saturated rings. The van der Waals surface area contributed by atoms with Gasteiger partial charge in [-0.3, -0.25) is 14.5 Å². The second-order valence-electron chi connectivity index (χ2n) is 6.08. The molecule has 0 radical (unpaired) electrons. The first-order chi connectivity index (χ1) is 11.8. The lowest BCUT2D eigenvalue weighted by Gasteiger charge is -2.46. The summed E-state index contributed by atoms with van der Waals surface area (Å²) in [5, 5.41) is 0. The van der Waals surface area contributed by atoms with E-state index >= 15 is 0 Å². The summed E-state index contributed by atoms with van der Waals surface area (Å²) in [6.45, 7) is 4.53. The fraction of sp³-hybridized carbons (Fsp3) is 0.500. The first kappa shape index (κ1) is 18.8. The van der Waals surface area contributed by atoms with Crippen LogP contribution in [0.3, 0.4) is 0 Å². The van der Waals surface area contributed by atoms with Gasteiger partial charge in [0.15, 0.2) is 6.10 Å². The molecule has 1 aliphatic heterocycles. The molecule has 1 aromatic carbocycles. The molecule has 25 heavy (non-hydrogen) atoms. The van der Waals surface area contributed by atoms with Crippen molar-refractivity contribution >= 4 is 18.0 Å². The molecule has 1 saturated heterocycles. The quantitative estimate of drug-likeness (QED) is 0.614. The van der Waals surface area contributed by atoms with Gasteiger partial charge < -0.3 is 14.2 Å². The number of benzene rings is 1. The van der Waals surface area contributed by atoms with E-state index in [1.165, 1.54) is 18.7 Å². The maximum absolute atomic E-state index is 12.6. The van der Waals surface area contributed by atoms with Gasteiger partial charge in [0.25, 0.3) is 0 Å². The van der Waals surface area contributed by atoms with Gasteiger partial charge in [0.1, 0.15) is 6.61 Å². The van der Waals surface area contributed by atoms with Crippen molar-refractivity contribution in [1.82, 2.24) is 4.90 Å². The molecule has 0 saturated carbocycles. The molecule has 136 valence electrons. The van der Waals surface area contributed by atoms with Crippen molar-refractivity contribution in [3.8, 4) is 0 Å². The van der Waals surface area contributed by atoms with E-state index in [0.29, 0.717) is 19.4 Å². The summed E-state index contributed by atoms with van der Waals surface area (Å²) in [6.07, 6.45) is -0.266. The van der Waals surface area contributed by atoms with Crippen LogP contribution in [0.25, 0.3) is 0 Å². The van der Waals surface area contributed by atoms with E-state index in [9.17, 15) is 14.4 Å². The molecule has 1 aliphatic rings. The molecular formula is C18H23NO6. The third-order valence-electron chi connectivity index (χ3n) is 4.07. The highest BCUT2D eigenvalue weighted by molar-refractivity contribution is 5.71. The summed E-state index contributed by atoms with van der Waals surface area (Å²) >= 11 is 0. The van der Waals surface area contributed by atoms with Crippen LogP contribution in [0.2, 0.25) is 0 Å². The second kappa shape index (κ2) is 8.00. The summed E-state index contributed by atoms with van der Waals surface area (Å²) in [7, 11) is 0. The molecule has 1 heterocycles. The molecule has 0 aliphatic carbocycles. The van der Waals surface area contributed by atoms with Crippen LogP contribution in [-0.2, 0) is 30.4 Å². The molecule has 7 heteroatoms. The van der Waals surface area contributed by atoms with E-state index in [2.05, 4.69) is 0 Å². The van der Waals surface area contributed by atoms with Crippen molar-refractivity contribution in [2.45, 2.75) is 52.0 Å². The topological polar surface area (TPSA) is 82.1 Å². The van der Waals surface area contributed by atoms with Gasteiger partial charge in [0.05, 0.1) is 0 Å². The first-order valence-electron chi connectivity index (χ1n) is 8.18. The monoisotopic (exact) mass is 349 g/mol.